The first-order valence-electron chi connectivity index (χ1n) is 10.4. The number of anilines is 4. The molecule has 1 fully saturated rings. The summed E-state index contributed by atoms with van der Waals surface area (Å²) in [5.74, 6) is -0.607. The Labute approximate surface area is 204 Å². The van der Waals surface area contributed by atoms with Crippen molar-refractivity contribution in [3.8, 4) is 0 Å². The van der Waals surface area contributed by atoms with E-state index in [9.17, 15) is 19.2 Å². The van der Waals surface area contributed by atoms with Crippen LogP contribution in [0.1, 0.15) is 20.3 Å². The lowest BCUT2D eigenvalue weighted by atomic mass is 9.91. The van der Waals surface area contributed by atoms with Crippen LogP contribution in [0.4, 0.5) is 27.9 Å². The standard InChI is InChI=1S/C21H25BrN8O4/c1-21(2,17(23)32)18(33)25-8-4-7-24-16-14(22)10-26-19(29-16)28-12-5-3-6-13(9-12)30-15(31)11-27-20(30)34/h3,5-6,9-10H,4,7-8,11H2,1-2H3,(H2,23,32)(H,25,33)(H,27,34)(H2,24,26,28,29). The minimum atomic E-state index is -1.27. The monoisotopic (exact) mass is 532 g/mol. The zero-order valence-corrected chi connectivity index (χ0v) is 20.2. The summed E-state index contributed by atoms with van der Waals surface area (Å²) < 4.78 is 0.644. The van der Waals surface area contributed by atoms with Crippen LogP contribution in [0.3, 0.4) is 0 Å². The van der Waals surface area contributed by atoms with Gasteiger partial charge in [-0.2, -0.15) is 4.98 Å². The number of amides is 5. The number of urea groups is 1. The molecule has 13 heteroatoms. The highest BCUT2D eigenvalue weighted by molar-refractivity contribution is 9.10. The molecule has 0 unspecified atom stereocenters. The number of hydrogen-bond acceptors (Lipinski definition) is 8. The van der Waals surface area contributed by atoms with Crippen molar-refractivity contribution in [2.24, 2.45) is 11.1 Å². The molecule has 1 aliphatic heterocycles. The molecule has 1 saturated heterocycles. The van der Waals surface area contributed by atoms with Gasteiger partial charge in [-0.25, -0.2) is 14.7 Å². The third-order valence-corrected chi connectivity index (χ3v) is 5.64. The summed E-state index contributed by atoms with van der Waals surface area (Å²) in [6.07, 6.45) is 2.16. The normalized spacial score (nSPS) is 13.4. The van der Waals surface area contributed by atoms with E-state index in [2.05, 4.69) is 47.2 Å². The van der Waals surface area contributed by atoms with E-state index in [1.807, 2.05) is 0 Å². The zero-order valence-electron chi connectivity index (χ0n) is 18.6. The number of rotatable bonds is 10. The lowest BCUT2D eigenvalue weighted by Crippen LogP contribution is -2.46. The first kappa shape index (κ1) is 24.9. The highest BCUT2D eigenvalue weighted by atomic mass is 79.9. The summed E-state index contributed by atoms with van der Waals surface area (Å²) in [6, 6.07) is 6.31. The summed E-state index contributed by atoms with van der Waals surface area (Å²) in [5.41, 5.74) is 5.00. The van der Waals surface area contributed by atoms with Gasteiger partial charge in [-0.1, -0.05) is 6.07 Å². The zero-order chi connectivity index (χ0) is 24.9. The van der Waals surface area contributed by atoms with Crippen LogP contribution >= 0.6 is 15.9 Å². The Bertz CT molecular complexity index is 1110. The smallest absolute Gasteiger partial charge is 0.329 e. The predicted octanol–water partition coefficient (Wildman–Crippen LogP) is 1.47. The van der Waals surface area contributed by atoms with Gasteiger partial charge in [-0.05, 0) is 54.4 Å². The van der Waals surface area contributed by atoms with Crippen LogP contribution in [0.15, 0.2) is 34.9 Å². The Kier molecular flexibility index (Phi) is 7.66. The number of nitrogens with one attached hydrogen (secondary N) is 4. The summed E-state index contributed by atoms with van der Waals surface area (Å²) >= 11 is 3.39. The molecule has 1 aromatic carbocycles. The van der Waals surface area contributed by atoms with E-state index in [-0.39, 0.29) is 12.5 Å². The minimum Gasteiger partial charge on any atom is -0.369 e. The molecular formula is C21H25BrN8O4. The van der Waals surface area contributed by atoms with Crippen LogP contribution in [0, 0.1) is 5.41 Å². The molecule has 0 bridgehead atoms. The van der Waals surface area contributed by atoms with Gasteiger partial charge in [0.1, 0.15) is 11.2 Å². The number of carbonyl (C=O) groups excluding carboxylic acids is 4. The van der Waals surface area contributed by atoms with Crippen molar-refractivity contribution in [2.75, 3.05) is 35.2 Å². The molecule has 180 valence electrons. The van der Waals surface area contributed by atoms with Crippen molar-refractivity contribution < 1.29 is 19.2 Å². The molecule has 2 aromatic rings. The average molecular weight is 533 g/mol. The van der Waals surface area contributed by atoms with Gasteiger partial charge in [-0.3, -0.25) is 14.4 Å². The number of imide groups is 1. The number of nitrogens with two attached hydrogens (primary N) is 1. The van der Waals surface area contributed by atoms with Crippen molar-refractivity contribution in [1.29, 1.82) is 0 Å². The fourth-order valence-electron chi connectivity index (χ4n) is 2.92. The van der Waals surface area contributed by atoms with Crippen molar-refractivity contribution in [2.45, 2.75) is 20.3 Å². The van der Waals surface area contributed by atoms with Crippen molar-refractivity contribution in [1.82, 2.24) is 20.6 Å². The molecule has 0 atom stereocenters. The molecule has 1 aliphatic rings. The molecule has 0 spiro atoms. The first-order valence-corrected chi connectivity index (χ1v) is 11.2. The van der Waals surface area contributed by atoms with Crippen molar-refractivity contribution >= 4 is 62.8 Å². The number of primary amides is 1. The van der Waals surface area contributed by atoms with Gasteiger partial charge in [0.25, 0.3) is 5.91 Å². The fourth-order valence-corrected chi connectivity index (χ4v) is 3.25. The van der Waals surface area contributed by atoms with Gasteiger partial charge in [0, 0.05) is 25.0 Å². The van der Waals surface area contributed by atoms with Crippen LogP contribution in [-0.4, -0.2) is 53.4 Å². The maximum absolute atomic E-state index is 12.0. The Morgan fingerprint density at radius 1 is 1.26 bits per heavy atom. The molecule has 0 radical (unpaired) electrons. The van der Waals surface area contributed by atoms with E-state index in [0.29, 0.717) is 47.1 Å². The first-order chi connectivity index (χ1) is 16.1. The van der Waals surface area contributed by atoms with E-state index in [1.54, 1.807) is 30.5 Å². The largest absolute Gasteiger partial charge is 0.369 e. The lowest BCUT2D eigenvalue weighted by molar-refractivity contribution is -0.139. The van der Waals surface area contributed by atoms with Gasteiger partial charge in [-0.15, -0.1) is 0 Å². The molecule has 6 N–H and O–H groups in total. The minimum absolute atomic E-state index is 0.0338. The maximum atomic E-state index is 12.0. The summed E-state index contributed by atoms with van der Waals surface area (Å²) in [5, 5.41) is 11.4. The van der Waals surface area contributed by atoms with Crippen LogP contribution < -0.4 is 31.9 Å². The average Bonchev–Trinajstić information content (AvgIpc) is 3.13. The molecule has 0 saturated carbocycles. The molecule has 2 heterocycles. The Morgan fingerprint density at radius 2 is 2.03 bits per heavy atom. The molecular weight excluding hydrogens is 508 g/mol. The summed E-state index contributed by atoms with van der Waals surface area (Å²) in [6.45, 7) is 3.76. The fraction of sp³-hybridized carbons (Fsp3) is 0.333. The molecule has 0 aliphatic carbocycles. The van der Waals surface area contributed by atoms with Crippen LogP contribution in [0.2, 0.25) is 0 Å². The van der Waals surface area contributed by atoms with E-state index in [1.165, 1.54) is 13.8 Å². The van der Waals surface area contributed by atoms with E-state index in [4.69, 9.17) is 5.73 Å². The summed E-state index contributed by atoms with van der Waals surface area (Å²) in [4.78, 5) is 57.0. The van der Waals surface area contributed by atoms with E-state index >= 15 is 0 Å². The van der Waals surface area contributed by atoms with Gasteiger partial charge in [0.2, 0.25) is 17.8 Å². The van der Waals surface area contributed by atoms with E-state index < -0.39 is 23.3 Å². The summed E-state index contributed by atoms with van der Waals surface area (Å²) in [7, 11) is 0. The number of carbonyl (C=O) groups is 4. The van der Waals surface area contributed by atoms with E-state index in [0.717, 1.165) is 4.90 Å². The SMILES string of the molecule is CC(C)(C(N)=O)C(=O)NCCCNc1nc(Nc2cccc(N3C(=O)CNC3=O)c2)ncc1Br. The Balaban J connectivity index is 1.57. The van der Waals surface area contributed by atoms with Crippen LogP contribution in [0.25, 0.3) is 0 Å². The second-order valence-corrected chi connectivity index (χ2v) is 8.83. The molecule has 12 nitrogen and oxygen atoms in total. The Hall–Kier alpha value is -3.74. The third kappa shape index (κ3) is 5.78. The predicted molar refractivity (Wildman–Crippen MR) is 129 cm³/mol. The molecule has 34 heavy (non-hydrogen) atoms. The number of aromatic nitrogens is 2. The van der Waals surface area contributed by atoms with Gasteiger partial charge in [0.15, 0.2) is 0 Å². The van der Waals surface area contributed by atoms with Crippen molar-refractivity contribution in [3.63, 3.8) is 0 Å². The lowest BCUT2D eigenvalue weighted by Gasteiger charge is -2.19. The van der Waals surface area contributed by atoms with Gasteiger partial charge in [0.05, 0.1) is 16.7 Å². The number of hydrogen-bond donors (Lipinski definition) is 5. The van der Waals surface area contributed by atoms with Crippen molar-refractivity contribution in [3.05, 3.63) is 34.9 Å². The highest BCUT2D eigenvalue weighted by Crippen LogP contribution is 2.25. The maximum Gasteiger partial charge on any atom is 0.329 e. The third-order valence-electron chi connectivity index (χ3n) is 5.06. The number of benzene rings is 1. The topological polar surface area (TPSA) is 171 Å². The molecule has 3 rings (SSSR count). The second-order valence-electron chi connectivity index (χ2n) is 7.98. The van der Waals surface area contributed by atoms with Crippen LogP contribution in [0.5, 0.6) is 0 Å². The van der Waals surface area contributed by atoms with Crippen LogP contribution in [-0.2, 0) is 14.4 Å². The number of halogens is 1. The second kappa shape index (κ2) is 10.5. The quantitative estimate of drug-likeness (QED) is 0.174. The van der Waals surface area contributed by atoms with Gasteiger partial charge >= 0.3 is 6.03 Å². The molecule has 5 amide bonds. The Morgan fingerprint density at radius 3 is 2.71 bits per heavy atom. The van der Waals surface area contributed by atoms with Gasteiger partial charge < -0.3 is 27.0 Å². The molecule has 1 aromatic heterocycles. The highest BCUT2D eigenvalue weighted by Gasteiger charge is 2.33. The number of nitrogens with zero attached hydrogens (tertiary/aromatic N) is 3.